The lowest BCUT2D eigenvalue weighted by Crippen LogP contribution is -2.41. The van der Waals surface area contributed by atoms with Crippen molar-refractivity contribution in [3.63, 3.8) is 0 Å². The number of nitrogens with zero attached hydrogens (tertiary/aromatic N) is 1. The second-order valence-electron chi connectivity index (χ2n) is 7.83. The van der Waals surface area contributed by atoms with Crippen LogP contribution in [0.25, 0.3) is 0 Å². The van der Waals surface area contributed by atoms with Crippen molar-refractivity contribution in [3.8, 4) is 0 Å². The molecule has 1 unspecified atom stereocenters. The molecule has 0 saturated carbocycles. The molecule has 0 radical (unpaired) electrons. The summed E-state index contributed by atoms with van der Waals surface area (Å²) in [7, 11) is 0. The van der Waals surface area contributed by atoms with E-state index in [0.717, 1.165) is 0 Å². The average molecular weight is 209 g/mol. The molecular weight excluding hydrogens is 182 g/mol. The zero-order valence-corrected chi connectivity index (χ0v) is 11.2. The molecule has 0 aromatic rings. The van der Waals surface area contributed by atoms with Gasteiger partial charge in [0.1, 0.15) is 0 Å². The first-order valence-electron chi connectivity index (χ1n) is 6.48. The third-order valence-electron chi connectivity index (χ3n) is 4.03. The minimum atomic E-state index is 0.475. The van der Waals surface area contributed by atoms with Crippen LogP contribution in [0, 0.1) is 10.8 Å². The van der Waals surface area contributed by atoms with Crippen LogP contribution in [0.4, 0.5) is 0 Å². The van der Waals surface area contributed by atoms with Crippen LogP contribution in [0.3, 0.4) is 0 Å². The molecule has 2 aliphatic heterocycles. The van der Waals surface area contributed by atoms with Gasteiger partial charge in [0.2, 0.25) is 0 Å². The molecule has 1 atom stereocenters. The van der Waals surface area contributed by atoms with E-state index in [-0.39, 0.29) is 0 Å². The van der Waals surface area contributed by atoms with Gasteiger partial charge in [-0.1, -0.05) is 34.6 Å². The Morgan fingerprint density at radius 3 is 2.47 bits per heavy atom. The number of fused-ring (bicyclic) bond motifs is 1. The lowest BCUT2D eigenvalue weighted by atomic mass is 9.73. The standard InChI is InChI=1S/C14H27N/c1-12(2,3)9-14-7-6-8-15(14)11-13(4,5)10-14/h6-11H2,1-5H3. The van der Waals surface area contributed by atoms with Gasteiger partial charge in [0.05, 0.1) is 0 Å². The fourth-order valence-electron chi connectivity index (χ4n) is 4.15. The number of hydrogen-bond acceptors (Lipinski definition) is 1. The predicted octanol–water partition coefficient (Wildman–Crippen LogP) is 3.69. The van der Waals surface area contributed by atoms with E-state index in [1.165, 1.54) is 38.8 Å². The first-order valence-corrected chi connectivity index (χ1v) is 6.48. The molecule has 2 saturated heterocycles. The average Bonchev–Trinajstić information content (AvgIpc) is 2.34. The molecule has 2 heterocycles. The molecule has 0 amide bonds. The summed E-state index contributed by atoms with van der Waals surface area (Å²) in [4.78, 5) is 2.79. The van der Waals surface area contributed by atoms with Crippen LogP contribution < -0.4 is 0 Å². The van der Waals surface area contributed by atoms with Crippen LogP contribution in [-0.2, 0) is 0 Å². The monoisotopic (exact) mass is 209 g/mol. The predicted molar refractivity (Wildman–Crippen MR) is 66.0 cm³/mol. The third kappa shape index (κ3) is 2.22. The lowest BCUT2D eigenvalue weighted by molar-refractivity contribution is 0.129. The van der Waals surface area contributed by atoms with E-state index in [1.54, 1.807) is 0 Å². The van der Waals surface area contributed by atoms with Gasteiger partial charge < -0.3 is 0 Å². The minimum Gasteiger partial charge on any atom is -0.297 e. The minimum absolute atomic E-state index is 0.475. The van der Waals surface area contributed by atoms with Gasteiger partial charge in [0, 0.05) is 12.1 Å². The molecule has 2 aliphatic rings. The fraction of sp³-hybridized carbons (Fsp3) is 1.00. The topological polar surface area (TPSA) is 3.24 Å². The zero-order chi connectivity index (χ0) is 11.3. The Kier molecular flexibility index (Phi) is 2.46. The van der Waals surface area contributed by atoms with E-state index in [2.05, 4.69) is 39.5 Å². The molecule has 15 heavy (non-hydrogen) atoms. The van der Waals surface area contributed by atoms with Crippen molar-refractivity contribution in [2.24, 2.45) is 10.8 Å². The SMILES string of the molecule is CC(C)(C)CC12CCCN1CC(C)(C)C2. The van der Waals surface area contributed by atoms with Gasteiger partial charge in [-0.05, 0) is 43.1 Å². The summed E-state index contributed by atoms with van der Waals surface area (Å²) in [5.74, 6) is 0. The van der Waals surface area contributed by atoms with E-state index in [9.17, 15) is 0 Å². The molecule has 0 N–H and O–H groups in total. The van der Waals surface area contributed by atoms with Gasteiger partial charge in [-0.15, -0.1) is 0 Å². The van der Waals surface area contributed by atoms with Crippen molar-refractivity contribution in [2.75, 3.05) is 13.1 Å². The van der Waals surface area contributed by atoms with Crippen molar-refractivity contribution < 1.29 is 0 Å². The van der Waals surface area contributed by atoms with E-state index < -0.39 is 0 Å². The summed E-state index contributed by atoms with van der Waals surface area (Å²) in [6.45, 7) is 14.7. The molecule has 2 fully saturated rings. The number of rotatable bonds is 1. The maximum atomic E-state index is 2.79. The highest BCUT2D eigenvalue weighted by Crippen LogP contribution is 2.51. The van der Waals surface area contributed by atoms with Crippen molar-refractivity contribution >= 4 is 0 Å². The Bertz CT molecular complexity index is 249. The van der Waals surface area contributed by atoms with Gasteiger partial charge in [0.25, 0.3) is 0 Å². The molecule has 1 heteroatoms. The van der Waals surface area contributed by atoms with E-state index in [4.69, 9.17) is 0 Å². The Morgan fingerprint density at radius 2 is 1.87 bits per heavy atom. The van der Waals surface area contributed by atoms with E-state index in [0.29, 0.717) is 16.4 Å². The maximum Gasteiger partial charge on any atom is 0.0220 e. The summed E-state index contributed by atoms with van der Waals surface area (Å²) in [5.41, 5.74) is 1.58. The summed E-state index contributed by atoms with van der Waals surface area (Å²) in [5, 5.41) is 0. The fourth-order valence-corrected chi connectivity index (χ4v) is 4.15. The molecule has 0 bridgehead atoms. The zero-order valence-electron chi connectivity index (χ0n) is 11.2. The normalized spacial score (nSPS) is 35.8. The quantitative estimate of drug-likeness (QED) is 0.636. The van der Waals surface area contributed by atoms with Crippen molar-refractivity contribution in [1.29, 1.82) is 0 Å². The largest absolute Gasteiger partial charge is 0.297 e. The van der Waals surface area contributed by atoms with Crippen LogP contribution in [-0.4, -0.2) is 23.5 Å². The smallest absolute Gasteiger partial charge is 0.0220 e. The lowest BCUT2D eigenvalue weighted by Gasteiger charge is -2.38. The second-order valence-corrected chi connectivity index (χ2v) is 7.83. The Balaban J connectivity index is 2.18. The van der Waals surface area contributed by atoms with Gasteiger partial charge in [0.15, 0.2) is 0 Å². The first-order chi connectivity index (χ1) is 6.73. The molecule has 0 spiro atoms. The molecule has 88 valence electrons. The Hall–Kier alpha value is -0.0400. The van der Waals surface area contributed by atoms with Crippen LogP contribution >= 0.6 is 0 Å². The molecule has 0 aromatic heterocycles. The highest BCUT2D eigenvalue weighted by Gasteiger charge is 2.52. The molecular formula is C14H27N. The molecule has 0 aromatic carbocycles. The molecule has 2 rings (SSSR count). The second kappa shape index (κ2) is 3.23. The van der Waals surface area contributed by atoms with Crippen molar-refractivity contribution in [2.45, 2.75) is 65.8 Å². The van der Waals surface area contributed by atoms with Crippen LogP contribution in [0.15, 0.2) is 0 Å². The van der Waals surface area contributed by atoms with Crippen LogP contribution in [0.2, 0.25) is 0 Å². The first kappa shape index (κ1) is 11.4. The highest BCUT2D eigenvalue weighted by atomic mass is 15.3. The van der Waals surface area contributed by atoms with Gasteiger partial charge in [-0.3, -0.25) is 4.90 Å². The number of hydrogen-bond donors (Lipinski definition) is 0. The Labute approximate surface area is 95.2 Å². The maximum absolute atomic E-state index is 2.79. The molecule has 1 nitrogen and oxygen atoms in total. The van der Waals surface area contributed by atoms with Gasteiger partial charge >= 0.3 is 0 Å². The Morgan fingerprint density at radius 1 is 1.20 bits per heavy atom. The highest BCUT2D eigenvalue weighted by molar-refractivity contribution is 5.07. The molecule has 0 aliphatic carbocycles. The van der Waals surface area contributed by atoms with Crippen molar-refractivity contribution in [3.05, 3.63) is 0 Å². The van der Waals surface area contributed by atoms with E-state index >= 15 is 0 Å². The summed E-state index contributed by atoms with van der Waals surface area (Å²) in [6, 6.07) is 0. The van der Waals surface area contributed by atoms with Crippen LogP contribution in [0.5, 0.6) is 0 Å². The third-order valence-corrected chi connectivity index (χ3v) is 4.03. The summed E-state index contributed by atoms with van der Waals surface area (Å²) >= 11 is 0. The van der Waals surface area contributed by atoms with E-state index in [1.807, 2.05) is 0 Å². The summed E-state index contributed by atoms with van der Waals surface area (Å²) < 4.78 is 0. The van der Waals surface area contributed by atoms with Crippen molar-refractivity contribution in [1.82, 2.24) is 4.90 Å². The van der Waals surface area contributed by atoms with Crippen LogP contribution in [0.1, 0.15) is 60.3 Å². The van der Waals surface area contributed by atoms with Gasteiger partial charge in [-0.25, -0.2) is 0 Å². The summed E-state index contributed by atoms with van der Waals surface area (Å²) in [6.07, 6.45) is 5.65. The van der Waals surface area contributed by atoms with Gasteiger partial charge in [-0.2, -0.15) is 0 Å².